The molecule has 36 heavy (non-hydrogen) atoms. The summed E-state index contributed by atoms with van der Waals surface area (Å²) in [5.41, 5.74) is 4.24. The van der Waals surface area contributed by atoms with Gasteiger partial charge >= 0.3 is 5.69 Å². The molecule has 4 rings (SSSR count). The molecule has 194 valence electrons. The van der Waals surface area contributed by atoms with Gasteiger partial charge in [-0.2, -0.15) is 0 Å². The van der Waals surface area contributed by atoms with E-state index in [1.807, 2.05) is 4.90 Å². The summed E-state index contributed by atoms with van der Waals surface area (Å²) < 4.78 is 7.33. The number of imidazole rings is 1. The topological polar surface area (TPSA) is 80.2 Å². The van der Waals surface area contributed by atoms with Gasteiger partial charge in [0.05, 0.1) is 12.8 Å². The number of hydrogen-bond donors (Lipinski definition) is 1. The predicted octanol–water partition coefficient (Wildman–Crippen LogP) is 5.31. The van der Waals surface area contributed by atoms with Crippen LogP contribution < -0.4 is 10.4 Å². The average molecular weight is 511 g/mol. The molecule has 3 aromatic rings. The smallest absolute Gasteiger partial charge is 0.325 e. The van der Waals surface area contributed by atoms with Crippen molar-refractivity contribution in [2.24, 2.45) is 0 Å². The molecule has 3 heterocycles. The second-order valence-electron chi connectivity index (χ2n) is 11.7. The fourth-order valence-corrected chi connectivity index (χ4v) is 5.73. The van der Waals surface area contributed by atoms with E-state index in [-0.39, 0.29) is 29.0 Å². The first-order chi connectivity index (χ1) is 16.9. The predicted molar refractivity (Wildman–Crippen MR) is 145 cm³/mol. The van der Waals surface area contributed by atoms with Crippen molar-refractivity contribution in [1.29, 1.82) is 0 Å². The lowest BCUT2D eigenvalue weighted by Crippen LogP contribution is -2.40. The normalized spacial score (nSPS) is 15.4. The van der Waals surface area contributed by atoms with E-state index in [1.54, 1.807) is 30.8 Å². The van der Waals surface area contributed by atoms with Gasteiger partial charge in [-0.25, -0.2) is 9.78 Å². The van der Waals surface area contributed by atoms with Gasteiger partial charge < -0.3 is 14.6 Å². The van der Waals surface area contributed by atoms with Crippen molar-refractivity contribution in [2.45, 2.75) is 77.7 Å². The lowest BCUT2D eigenvalue weighted by Gasteiger charge is -2.31. The van der Waals surface area contributed by atoms with E-state index in [0.717, 1.165) is 34.9 Å². The molecule has 0 atom stereocenters. The summed E-state index contributed by atoms with van der Waals surface area (Å²) >= 11 is 1.69. The van der Waals surface area contributed by atoms with Gasteiger partial charge in [0.15, 0.2) is 0 Å². The quantitative estimate of drug-likeness (QED) is 0.504. The molecule has 0 saturated carbocycles. The third-order valence-electron chi connectivity index (χ3n) is 6.97. The zero-order chi connectivity index (χ0) is 26.3. The summed E-state index contributed by atoms with van der Waals surface area (Å²) in [6, 6.07) is 4.47. The van der Waals surface area contributed by atoms with Gasteiger partial charge in [-0.1, -0.05) is 41.5 Å². The third-order valence-corrected chi connectivity index (χ3v) is 7.88. The van der Waals surface area contributed by atoms with E-state index in [2.05, 4.69) is 64.0 Å². The van der Waals surface area contributed by atoms with Crippen LogP contribution in [0.2, 0.25) is 0 Å². The van der Waals surface area contributed by atoms with Crippen LogP contribution in [-0.4, -0.2) is 45.5 Å². The molecule has 1 fully saturated rings. The molecule has 1 aliphatic rings. The van der Waals surface area contributed by atoms with Crippen LogP contribution in [0.1, 0.15) is 77.1 Å². The number of carbonyl (C=O) groups is 1. The third kappa shape index (κ3) is 5.43. The second-order valence-corrected chi connectivity index (χ2v) is 12.6. The number of nitrogens with zero attached hydrogens (tertiary/aromatic N) is 3. The summed E-state index contributed by atoms with van der Waals surface area (Å²) in [5.74, 6) is 1.28. The number of piperidine rings is 1. The Kier molecular flexibility index (Phi) is 7.19. The van der Waals surface area contributed by atoms with Crippen molar-refractivity contribution in [3.05, 3.63) is 57.2 Å². The minimum Gasteiger partial charge on any atom is -0.496 e. The van der Waals surface area contributed by atoms with Crippen molar-refractivity contribution in [3.63, 3.8) is 0 Å². The summed E-state index contributed by atoms with van der Waals surface area (Å²) in [7, 11) is 1.76. The maximum absolute atomic E-state index is 12.7. The number of benzene rings is 1. The van der Waals surface area contributed by atoms with Crippen LogP contribution in [0.4, 0.5) is 0 Å². The van der Waals surface area contributed by atoms with Crippen molar-refractivity contribution in [2.75, 3.05) is 20.2 Å². The van der Waals surface area contributed by atoms with E-state index in [1.165, 1.54) is 15.7 Å². The number of ether oxygens (including phenoxy) is 1. The Morgan fingerprint density at radius 3 is 2.22 bits per heavy atom. The monoisotopic (exact) mass is 510 g/mol. The largest absolute Gasteiger partial charge is 0.496 e. The fraction of sp³-hybridized carbons (Fsp3) is 0.536. The number of rotatable bonds is 5. The summed E-state index contributed by atoms with van der Waals surface area (Å²) in [6.45, 7) is 14.8. The SMILES string of the molecule is COc1c(C(C)(C)C)cc(-c2nc(C3CCN(C(=O)Cn4cc[nH]c4=O)CC3)cs2)cc1C(C)(C)C. The van der Waals surface area contributed by atoms with Crippen LogP contribution in [0.15, 0.2) is 34.7 Å². The summed E-state index contributed by atoms with van der Waals surface area (Å²) in [6.07, 6.45) is 4.92. The molecule has 1 N–H and O–H groups in total. The highest BCUT2D eigenvalue weighted by Gasteiger charge is 2.29. The van der Waals surface area contributed by atoms with E-state index >= 15 is 0 Å². The number of carbonyl (C=O) groups excluding carboxylic acids is 1. The lowest BCUT2D eigenvalue weighted by molar-refractivity contribution is -0.132. The first-order valence-electron chi connectivity index (χ1n) is 12.6. The average Bonchev–Trinajstić information content (AvgIpc) is 3.46. The number of amides is 1. The highest BCUT2D eigenvalue weighted by Crippen LogP contribution is 2.43. The van der Waals surface area contributed by atoms with Crippen LogP contribution in [0.3, 0.4) is 0 Å². The van der Waals surface area contributed by atoms with E-state index < -0.39 is 0 Å². The number of hydrogen-bond acceptors (Lipinski definition) is 5. The van der Waals surface area contributed by atoms with Crippen LogP contribution in [0.25, 0.3) is 10.6 Å². The Hall–Kier alpha value is -2.87. The summed E-state index contributed by atoms with van der Waals surface area (Å²) in [4.78, 5) is 33.9. The lowest BCUT2D eigenvalue weighted by atomic mass is 9.78. The Bertz CT molecular complexity index is 1250. The van der Waals surface area contributed by atoms with Crippen molar-refractivity contribution in [1.82, 2.24) is 19.4 Å². The molecule has 2 aromatic heterocycles. The number of nitrogens with one attached hydrogen (secondary N) is 1. The van der Waals surface area contributed by atoms with E-state index in [0.29, 0.717) is 19.0 Å². The van der Waals surface area contributed by atoms with Crippen LogP contribution in [0.5, 0.6) is 5.75 Å². The number of methoxy groups -OCH3 is 1. The first kappa shape index (κ1) is 26.2. The van der Waals surface area contributed by atoms with Gasteiger partial charge in [-0.05, 0) is 35.8 Å². The number of aromatic amines is 1. The van der Waals surface area contributed by atoms with Crippen LogP contribution in [0, 0.1) is 0 Å². The maximum atomic E-state index is 12.7. The molecule has 7 nitrogen and oxygen atoms in total. The van der Waals surface area contributed by atoms with Crippen molar-refractivity contribution in [3.8, 4) is 16.3 Å². The zero-order valence-corrected chi connectivity index (χ0v) is 23.3. The molecule has 1 aliphatic heterocycles. The standard InChI is InChI=1S/C28H38N4O3S/c1-27(2,3)20-14-19(15-21(24(20)35-7)28(4,5)6)25-30-22(17-36-25)18-8-11-31(12-9-18)23(33)16-32-13-10-29-26(32)34/h10,13-15,17-18H,8-9,11-12,16H2,1-7H3,(H,29,34). The fourth-order valence-electron chi connectivity index (χ4n) is 4.84. The maximum Gasteiger partial charge on any atom is 0.325 e. The molecule has 8 heteroatoms. The molecule has 0 radical (unpaired) electrons. The van der Waals surface area contributed by atoms with Gasteiger partial charge in [-0.15, -0.1) is 11.3 Å². The van der Waals surface area contributed by atoms with E-state index in [9.17, 15) is 9.59 Å². The molecule has 1 aromatic carbocycles. The minimum atomic E-state index is -0.254. The molecular weight excluding hydrogens is 472 g/mol. The molecule has 0 unspecified atom stereocenters. The minimum absolute atomic E-state index is 0.0169. The molecule has 0 bridgehead atoms. The molecule has 1 amide bonds. The number of likely N-dealkylation sites (tertiary alicyclic amines) is 1. The second kappa shape index (κ2) is 9.88. The van der Waals surface area contributed by atoms with Gasteiger partial charge in [0.25, 0.3) is 0 Å². The van der Waals surface area contributed by atoms with Gasteiger partial charge in [-0.3, -0.25) is 9.36 Å². The number of thiazole rings is 1. The van der Waals surface area contributed by atoms with E-state index in [4.69, 9.17) is 9.72 Å². The summed E-state index contributed by atoms with van der Waals surface area (Å²) in [5, 5.41) is 3.20. The Balaban J connectivity index is 1.53. The Morgan fingerprint density at radius 1 is 1.11 bits per heavy atom. The van der Waals surface area contributed by atoms with Gasteiger partial charge in [0.2, 0.25) is 5.91 Å². The Labute approximate surface area is 217 Å². The molecule has 0 aliphatic carbocycles. The number of H-pyrrole nitrogens is 1. The highest BCUT2D eigenvalue weighted by atomic mass is 32.1. The van der Waals surface area contributed by atoms with Crippen molar-refractivity contribution >= 4 is 17.2 Å². The van der Waals surface area contributed by atoms with Gasteiger partial charge in [0.1, 0.15) is 17.3 Å². The molecular formula is C28H38N4O3S. The Morgan fingerprint density at radius 2 is 1.72 bits per heavy atom. The molecule has 1 saturated heterocycles. The number of aromatic nitrogens is 3. The first-order valence-corrected chi connectivity index (χ1v) is 13.5. The van der Waals surface area contributed by atoms with Gasteiger partial charge in [0, 0.05) is 53.5 Å². The van der Waals surface area contributed by atoms with Crippen LogP contribution >= 0.6 is 11.3 Å². The zero-order valence-electron chi connectivity index (χ0n) is 22.5. The molecule has 0 spiro atoms. The van der Waals surface area contributed by atoms with Crippen LogP contribution in [-0.2, 0) is 22.2 Å². The highest BCUT2D eigenvalue weighted by molar-refractivity contribution is 7.13. The van der Waals surface area contributed by atoms with Crippen molar-refractivity contribution < 1.29 is 9.53 Å².